The van der Waals surface area contributed by atoms with Crippen LogP contribution in [-0.2, 0) is 0 Å². The quantitative estimate of drug-likeness (QED) is 0.560. The molecule has 0 amide bonds. The first-order valence-corrected chi connectivity index (χ1v) is 5.56. The Hall–Kier alpha value is -1.28. The van der Waals surface area contributed by atoms with Crippen LogP contribution >= 0.6 is 11.8 Å². The molecule has 0 unspecified atom stereocenters. The SMILES string of the molecule is C=C(C)S/C(=C\C)C(=O)c1ccccc1. The monoisotopic (exact) mass is 218 g/mol. The highest BCUT2D eigenvalue weighted by atomic mass is 32.2. The van der Waals surface area contributed by atoms with Gasteiger partial charge in [0.25, 0.3) is 0 Å². The first-order chi connectivity index (χ1) is 7.15. The second-order valence-corrected chi connectivity index (χ2v) is 4.49. The number of carbonyl (C=O) groups is 1. The van der Waals surface area contributed by atoms with Gasteiger partial charge >= 0.3 is 0 Å². The molecule has 1 rings (SSSR count). The van der Waals surface area contributed by atoms with Gasteiger partial charge in [0.05, 0.1) is 4.91 Å². The normalized spacial score (nSPS) is 11.2. The Kier molecular flexibility index (Phi) is 4.37. The van der Waals surface area contributed by atoms with Gasteiger partial charge in [0.2, 0.25) is 0 Å². The number of carbonyl (C=O) groups excluding carboxylic acids is 1. The van der Waals surface area contributed by atoms with E-state index in [1.807, 2.05) is 50.3 Å². The fourth-order valence-electron chi connectivity index (χ4n) is 1.16. The largest absolute Gasteiger partial charge is 0.288 e. The zero-order valence-electron chi connectivity index (χ0n) is 8.99. The van der Waals surface area contributed by atoms with Crippen LogP contribution in [0.1, 0.15) is 24.2 Å². The first-order valence-electron chi connectivity index (χ1n) is 4.74. The minimum Gasteiger partial charge on any atom is -0.288 e. The molecule has 0 aliphatic heterocycles. The van der Waals surface area contributed by atoms with Crippen LogP contribution in [0, 0.1) is 0 Å². The molecule has 0 spiro atoms. The second kappa shape index (κ2) is 5.56. The Balaban J connectivity index is 2.89. The average molecular weight is 218 g/mol. The molecule has 15 heavy (non-hydrogen) atoms. The van der Waals surface area contributed by atoms with E-state index in [9.17, 15) is 4.79 Å². The maximum absolute atomic E-state index is 12.0. The van der Waals surface area contributed by atoms with Crippen molar-refractivity contribution in [3.63, 3.8) is 0 Å². The van der Waals surface area contributed by atoms with E-state index >= 15 is 0 Å². The molecule has 0 bridgehead atoms. The molecule has 0 atom stereocenters. The van der Waals surface area contributed by atoms with Crippen molar-refractivity contribution in [2.45, 2.75) is 13.8 Å². The van der Waals surface area contributed by atoms with E-state index in [1.54, 1.807) is 0 Å². The molecule has 0 heterocycles. The fourth-order valence-corrected chi connectivity index (χ4v) is 1.86. The molecule has 0 saturated heterocycles. The standard InChI is InChI=1S/C13H14OS/c1-4-12(15-10(2)3)13(14)11-8-6-5-7-9-11/h4-9H,2H2,1,3H3/b12-4-. The maximum Gasteiger partial charge on any atom is 0.199 e. The van der Waals surface area contributed by atoms with Crippen LogP contribution in [-0.4, -0.2) is 5.78 Å². The van der Waals surface area contributed by atoms with E-state index in [1.165, 1.54) is 11.8 Å². The smallest absolute Gasteiger partial charge is 0.199 e. The molecule has 0 fully saturated rings. The Morgan fingerprint density at radius 3 is 2.40 bits per heavy atom. The highest BCUT2D eigenvalue weighted by Crippen LogP contribution is 2.26. The van der Waals surface area contributed by atoms with Crippen molar-refractivity contribution in [1.29, 1.82) is 0 Å². The van der Waals surface area contributed by atoms with E-state index in [-0.39, 0.29) is 5.78 Å². The van der Waals surface area contributed by atoms with Crippen molar-refractivity contribution in [1.82, 2.24) is 0 Å². The zero-order chi connectivity index (χ0) is 11.3. The summed E-state index contributed by atoms with van der Waals surface area (Å²) >= 11 is 1.42. The van der Waals surface area contributed by atoms with Gasteiger partial charge in [-0.15, -0.1) is 0 Å². The molecule has 0 aliphatic carbocycles. The van der Waals surface area contributed by atoms with Crippen LogP contribution in [0.5, 0.6) is 0 Å². The lowest BCUT2D eigenvalue weighted by Gasteiger charge is -2.04. The molecule has 0 aliphatic rings. The predicted molar refractivity (Wildman–Crippen MR) is 66.9 cm³/mol. The molecule has 0 N–H and O–H groups in total. The van der Waals surface area contributed by atoms with Gasteiger partial charge in [-0.1, -0.05) is 54.7 Å². The van der Waals surface area contributed by atoms with E-state index in [0.717, 1.165) is 15.4 Å². The average Bonchev–Trinajstić information content (AvgIpc) is 2.26. The number of hydrogen-bond acceptors (Lipinski definition) is 2. The van der Waals surface area contributed by atoms with Crippen molar-refractivity contribution < 1.29 is 4.79 Å². The van der Waals surface area contributed by atoms with Gasteiger partial charge in [-0.25, -0.2) is 0 Å². The van der Waals surface area contributed by atoms with E-state index < -0.39 is 0 Å². The molecule has 2 heteroatoms. The minimum absolute atomic E-state index is 0.0612. The zero-order valence-corrected chi connectivity index (χ0v) is 9.80. The molecular formula is C13H14OS. The van der Waals surface area contributed by atoms with E-state index in [2.05, 4.69) is 6.58 Å². The van der Waals surface area contributed by atoms with Gasteiger partial charge in [0.1, 0.15) is 0 Å². The third-order valence-corrected chi connectivity index (χ3v) is 2.80. The summed E-state index contributed by atoms with van der Waals surface area (Å²) in [6, 6.07) is 9.28. The Morgan fingerprint density at radius 2 is 1.93 bits per heavy atom. The Bertz CT molecular complexity index is 390. The van der Waals surface area contributed by atoms with Crippen LogP contribution in [0.25, 0.3) is 0 Å². The summed E-state index contributed by atoms with van der Waals surface area (Å²) in [5, 5.41) is 0. The summed E-state index contributed by atoms with van der Waals surface area (Å²) in [7, 11) is 0. The Labute approximate surface area is 94.9 Å². The molecule has 1 aromatic carbocycles. The van der Waals surface area contributed by atoms with Crippen LogP contribution < -0.4 is 0 Å². The van der Waals surface area contributed by atoms with Crippen molar-refractivity contribution >= 4 is 17.5 Å². The van der Waals surface area contributed by atoms with E-state index in [4.69, 9.17) is 0 Å². The van der Waals surface area contributed by atoms with Gasteiger partial charge in [0.15, 0.2) is 5.78 Å². The molecule has 0 aromatic heterocycles. The van der Waals surface area contributed by atoms with Crippen molar-refractivity contribution in [3.05, 3.63) is 58.4 Å². The number of ketones is 1. The summed E-state index contributed by atoms with van der Waals surface area (Å²) in [4.78, 5) is 13.6. The lowest BCUT2D eigenvalue weighted by Crippen LogP contribution is -2.00. The number of thioether (sulfide) groups is 1. The summed E-state index contributed by atoms with van der Waals surface area (Å²) in [5.74, 6) is 0.0612. The summed E-state index contributed by atoms with van der Waals surface area (Å²) < 4.78 is 0. The van der Waals surface area contributed by atoms with Crippen LogP contribution in [0.2, 0.25) is 0 Å². The van der Waals surface area contributed by atoms with Crippen LogP contribution in [0.4, 0.5) is 0 Å². The number of hydrogen-bond donors (Lipinski definition) is 0. The molecular weight excluding hydrogens is 204 g/mol. The van der Waals surface area contributed by atoms with Gasteiger partial charge in [-0.3, -0.25) is 4.79 Å². The molecule has 1 aromatic rings. The van der Waals surface area contributed by atoms with Gasteiger partial charge in [0, 0.05) is 5.56 Å². The predicted octanol–water partition coefficient (Wildman–Crippen LogP) is 4.04. The Morgan fingerprint density at radius 1 is 1.33 bits per heavy atom. The lowest BCUT2D eigenvalue weighted by atomic mass is 10.1. The van der Waals surface area contributed by atoms with E-state index in [0.29, 0.717) is 0 Å². The number of Topliss-reactive ketones (excluding diaryl/α,β-unsaturated/α-hetero) is 1. The van der Waals surface area contributed by atoms with Crippen molar-refractivity contribution in [2.75, 3.05) is 0 Å². The summed E-state index contributed by atoms with van der Waals surface area (Å²) in [6.45, 7) is 7.55. The molecule has 1 nitrogen and oxygen atoms in total. The summed E-state index contributed by atoms with van der Waals surface area (Å²) in [6.07, 6.45) is 1.83. The minimum atomic E-state index is 0.0612. The lowest BCUT2D eigenvalue weighted by molar-refractivity contribution is 0.104. The van der Waals surface area contributed by atoms with Gasteiger partial charge in [-0.05, 0) is 18.8 Å². The number of allylic oxidation sites excluding steroid dienone is 3. The number of benzene rings is 1. The maximum atomic E-state index is 12.0. The molecule has 78 valence electrons. The fraction of sp³-hybridized carbons (Fsp3) is 0.154. The first kappa shape index (κ1) is 11.8. The third kappa shape index (κ3) is 3.40. The van der Waals surface area contributed by atoms with Crippen molar-refractivity contribution in [2.24, 2.45) is 0 Å². The molecule has 0 saturated carbocycles. The summed E-state index contributed by atoms with van der Waals surface area (Å²) in [5.41, 5.74) is 0.722. The molecule has 0 radical (unpaired) electrons. The number of rotatable bonds is 4. The van der Waals surface area contributed by atoms with Crippen LogP contribution in [0.3, 0.4) is 0 Å². The highest BCUT2D eigenvalue weighted by molar-refractivity contribution is 8.07. The highest BCUT2D eigenvalue weighted by Gasteiger charge is 2.11. The second-order valence-electron chi connectivity index (χ2n) is 3.15. The van der Waals surface area contributed by atoms with Gasteiger partial charge in [-0.2, -0.15) is 0 Å². The van der Waals surface area contributed by atoms with Gasteiger partial charge < -0.3 is 0 Å². The van der Waals surface area contributed by atoms with Crippen molar-refractivity contribution in [3.8, 4) is 0 Å². The topological polar surface area (TPSA) is 17.1 Å². The van der Waals surface area contributed by atoms with Crippen LogP contribution in [0.15, 0.2) is 52.8 Å². The third-order valence-electron chi connectivity index (χ3n) is 1.81.